The van der Waals surface area contributed by atoms with Crippen LogP contribution in [0.2, 0.25) is 0 Å². The minimum absolute atomic E-state index is 0.0918. The van der Waals surface area contributed by atoms with Gasteiger partial charge in [0.2, 0.25) is 0 Å². The van der Waals surface area contributed by atoms with Gasteiger partial charge in [-0.2, -0.15) is 0 Å². The van der Waals surface area contributed by atoms with Gasteiger partial charge in [0, 0.05) is 59.6 Å². The van der Waals surface area contributed by atoms with Gasteiger partial charge in [0.15, 0.2) is 0 Å². The molecule has 1 heterocycles. The molecular formula is C19H22BrN3O4. The standard InChI is InChI=1S/C19H22BrN3O4/c1-26-16-9-14(10-17(12-16)27-2)21-13-5-7-22(8-6-13)19-4-3-15(23(24)25)11-18(19)20/h3-4,9-13,21H,5-8H2,1-2H3. The first kappa shape index (κ1) is 19.3. The maximum absolute atomic E-state index is 10.9. The number of anilines is 2. The highest BCUT2D eigenvalue weighted by Gasteiger charge is 2.22. The molecule has 1 N–H and O–H groups in total. The SMILES string of the molecule is COc1cc(NC2CCN(c3ccc([N+](=O)[O-])cc3Br)CC2)cc(OC)c1. The molecule has 27 heavy (non-hydrogen) atoms. The van der Waals surface area contributed by atoms with Crippen LogP contribution in [0, 0.1) is 10.1 Å². The fourth-order valence-electron chi connectivity index (χ4n) is 3.26. The Balaban J connectivity index is 1.63. The van der Waals surface area contributed by atoms with Crippen molar-refractivity contribution >= 4 is 33.0 Å². The van der Waals surface area contributed by atoms with Crippen LogP contribution < -0.4 is 19.7 Å². The number of nitro groups is 1. The van der Waals surface area contributed by atoms with E-state index in [4.69, 9.17) is 9.47 Å². The summed E-state index contributed by atoms with van der Waals surface area (Å²) in [7, 11) is 3.28. The number of methoxy groups -OCH3 is 2. The Morgan fingerprint density at radius 1 is 1.11 bits per heavy atom. The zero-order chi connectivity index (χ0) is 19.4. The van der Waals surface area contributed by atoms with E-state index in [1.807, 2.05) is 24.3 Å². The normalized spacial score (nSPS) is 14.7. The number of ether oxygens (including phenoxy) is 2. The smallest absolute Gasteiger partial charge is 0.270 e. The fraction of sp³-hybridized carbons (Fsp3) is 0.368. The third-order valence-corrected chi connectivity index (χ3v) is 5.34. The van der Waals surface area contributed by atoms with Crippen LogP contribution in [0.3, 0.4) is 0 Å². The third-order valence-electron chi connectivity index (χ3n) is 4.70. The van der Waals surface area contributed by atoms with Gasteiger partial charge in [-0.3, -0.25) is 10.1 Å². The molecule has 1 saturated heterocycles. The molecule has 0 amide bonds. The van der Waals surface area contributed by atoms with Crippen LogP contribution in [0.1, 0.15) is 12.8 Å². The van der Waals surface area contributed by atoms with E-state index in [1.54, 1.807) is 26.4 Å². The average Bonchev–Trinajstić information content (AvgIpc) is 2.68. The highest BCUT2D eigenvalue weighted by molar-refractivity contribution is 9.10. The number of non-ortho nitro benzene ring substituents is 1. The molecule has 0 atom stereocenters. The van der Waals surface area contributed by atoms with Crippen molar-refractivity contribution in [3.8, 4) is 11.5 Å². The summed E-state index contributed by atoms with van der Waals surface area (Å²) in [6.07, 6.45) is 1.92. The van der Waals surface area contributed by atoms with Gasteiger partial charge in [-0.15, -0.1) is 0 Å². The van der Waals surface area contributed by atoms with Crippen molar-refractivity contribution in [3.63, 3.8) is 0 Å². The van der Waals surface area contributed by atoms with E-state index in [1.165, 1.54) is 0 Å². The molecule has 3 rings (SSSR count). The molecule has 0 saturated carbocycles. The van der Waals surface area contributed by atoms with Gasteiger partial charge < -0.3 is 19.7 Å². The summed E-state index contributed by atoms with van der Waals surface area (Å²) < 4.78 is 11.4. The van der Waals surface area contributed by atoms with E-state index in [2.05, 4.69) is 26.1 Å². The molecule has 0 aliphatic carbocycles. The molecule has 1 aliphatic heterocycles. The van der Waals surface area contributed by atoms with Crippen LogP contribution in [-0.2, 0) is 0 Å². The van der Waals surface area contributed by atoms with E-state index in [0.717, 1.165) is 53.3 Å². The van der Waals surface area contributed by atoms with E-state index in [-0.39, 0.29) is 10.6 Å². The molecule has 144 valence electrons. The number of nitrogens with one attached hydrogen (secondary N) is 1. The molecule has 0 radical (unpaired) electrons. The quantitative estimate of drug-likeness (QED) is 0.533. The van der Waals surface area contributed by atoms with Crippen LogP contribution in [0.25, 0.3) is 0 Å². The molecule has 2 aromatic rings. The number of halogens is 1. The predicted molar refractivity (Wildman–Crippen MR) is 109 cm³/mol. The van der Waals surface area contributed by atoms with Crippen molar-refractivity contribution in [3.05, 3.63) is 51.0 Å². The summed E-state index contributed by atoms with van der Waals surface area (Å²) >= 11 is 3.46. The molecule has 0 bridgehead atoms. The minimum Gasteiger partial charge on any atom is -0.497 e. The Morgan fingerprint density at radius 3 is 2.26 bits per heavy atom. The first-order valence-electron chi connectivity index (χ1n) is 8.68. The van der Waals surface area contributed by atoms with Crippen molar-refractivity contribution in [2.45, 2.75) is 18.9 Å². The van der Waals surface area contributed by atoms with Crippen molar-refractivity contribution in [2.75, 3.05) is 37.5 Å². The number of benzene rings is 2. The fourth-order valence-corrected chi connectivity index (χ4v) is 3.87. The molecule has 0 unspecified atom stereocenters. The zero-order valence-electron chi connectivity index (χ0n) is 15.3. The van der Waals surface area contributed by atoms with Gasteiger partial charge >= 0.3 is 0 Å². The number of hydrogen-bond acceptors (Lipinski definition) is 6. The summed E-state index contributed by atoms with van der Waals surface area (Å²) in [5, 5.41) is 14.4. The molecular weight excluding hydrogens is 414 g/mol. The second-order valence-electron chi connectivity index (χ2n) is 6.40. The lowest BCUT2D eigenvalue weighted by Gasteiger charge is -2.35. The maximum atomic E-state index is 10.9. The largest absolute Gasteiger partial charge is 0.497 e. The Hall–Kier alpha value is -2.48. The van der Waals surface area contributed by atoms with Crippen LogP contribution >= 0.6 is 15.9 Å². The summed E-state index contributed by atoms with van der Waals surface area (Å²) in [5.41, 5.74) is 2.05. The topological polar surface area (TPSA) is 76.9 Å². The average molecular weight is 436 g/mol. The number of rotatable bonds is 6. The predicted octanol–water partition coefficient (Wildman–Crippen LogP) is 4.46. The van der Waals surface area contributed by atoms with Gasteiger partial charge in [0.1, 0.15) is 11.5 Å². The molecule has 1 fully saturated rings. The molecule has 0 spiro atoms. The van der Waals surface area contributed by atoms with E-state index in [0.29, 0.717) is 6.04 Å². The highest BCUT2D eigenvalue weighted by Crippen LogP contribution is 2.33. The molecule has 8 heteroatoms. The van der Waals surface area contributed by atoms with Crippen LogP contribution in [0.4, 0.5) is 17.1 Å². The number of hydrogen-bond donors (Lipinski definition) is 1. The van der Waals surface area contributed by atoms with Gasteiger partial charge in [-0.05, 0) is 34.8 Å². The van der Waals surface area contributed by atoms with E-state index < -0.39 is 0 Å². The lowest BCUT2D eigenvalue weighted by Crippen LogP contribution is -2.39. The van der Waals surface area contributed by atoms with Gasteiger partial charge in [0.25, 0.3) is 5.69 Å². The second-order valence-corrected chi connectivity index (χ2v) is 7.25. The number of nitro benzene ring substituents is 1. The molecule has 1 aliphatic rings. The first-order valence-corrected chi connectivity index (χ1v) is 9.48. The van der Waals surface area contributed by atoms with Gasteiger partial charge in [-0.25, -0.2) is 0 Å². The van der Waals surface area contributed by atoms with E-state index >= 15 is 0 Å². The molecule has 7 nitrogen and oxygen atoms in total. The number of nitrogens with zero attached hydrogens (tertiary/aromatic N) is 2. The third kappa shape index (κ3) is 4.63. The maximum Gasteiger partial charge on any atom is 0.270 e. The Labute approximate surface area is 166 Å². The Bertz CT molecular complexity index is 800. The second kappa shape index (κ2) is 8.47. The lowest BCUT2D eigenvalue weighted by molar-refractivity contribution is -0.384. The number of piperidine rings is 1. The van der Waals surface area contributed by atoms with Crippen LogP contribution in [0.15, 0.2) is 40.9 Å². The van der Waals surface area contributed by atoms with Crippen molar-refractivity contribution in [1.82, 2.24) is 0 Å². The molecule has 0 aromatic heterocycles. The summed E-state index contributed by atoms with van der Waals surface area (Å²) in [6.45, 7) is 1.74. The zero-order valence-corrected chi connectivity index (χ0v) is 16.9. The van der Waals surface area contributed by atoms with Crippen molar-refractivity contribution in [1.29, 1.82) is 0 Å². The first-order chi connectivity index (χ1) is 13.0. The highest BCUT2D eigenvalue weighted by atomic mass is 79.9. The lowest BCUT2D eigenvalue weighted by atomic mass is 10.0. The Morgan fingerprint density at radius 2 is 1.74 bits per heavy atom. The van der Waals surface area contributed by atoms with Crippen molar-refractivity contribution in [2.24, 2.45) is 0 Å². The summed E-state index contributed by atoms with van der Waals surface area (Å²) in [6, 6.07) is 11.0. The van der Waals surface area contributed by atoms with E-state index in [9.17, 15) is 10.1 Å². The van der Waals surface area contributed by atoms with Crippen molar-refractivity contribution < 1.29 is 14.4 Å². The van der Waals surface area contributed by atoms with Gasteiger partial charge in [-0.1, -0.05) is 0 Å². The Kier molecular flexibility index (Phi) is 6.05. The van der Waals surface area contributed by atoms with Crippen LogP contribution in [-0.4, -0.2) is 38.3 Å². The summed E-state index contributed by atoms with van der Waals surface area (Å²) in [5.74, 6) is 1.51. The van der Waals surface area contributed by atoms with Crippen LogP contribution in [0.5, 0.6) is 11.5 Å². The minimum atomic E-state index is -0.382. The monoisotopic (exact) mass is 435 g/mol. The molecule has 2 aromatic carbocycles. The summed E-state index contributed by atoms with van der Waals surface area (Å²) in [4.78, 5) is 12.8. The van der Waals surface area contributed by atoms with Gasteiger partial charge in [0.05, 0.1) is 24.8 Å².